The van der Waals surface area contributed by atoms with Crippen molar-refractivity contribution in [1.29, 1.82) is 0 Å². The SMILES string of the molecule is [2H]c1c([2H])c(N(c2ccc(-c3cccc4oc5ccccc5c34)cc2)c2ccc3c(c2)C(c2ccccc2)(c2ccccc2)c2ccccc2-3)c([2H])c([2H])c1-c1cccc2ccccc12. The Morgan fingerprint density at radius 3 is 1.74 bits per heavy atom. The molecule has 1 heterocycles. The molecular weight excluding hydrogens is 739 g/mol. The summed E-state index contributed by atoms with van der Waals surface area (Å²) in [6.45, 7) is 0. The van der Waals surface area contributed by atoms with E-state index in [1.165, 1.54) is 5.56 Å². The molecule has 2 nitrogen and oxygen atoms in total. The minimum absolute atomic E-state index is 0.103. The van der Waals surface area contributed by atoms with E-state index >= 15 is 0 Å². The van der Waals surface area contributed by atoms with E-state index in [2.05, 4.69) is 115 Å². The molecule has 11 aromatic rings. The molecule has 0 saturated carbocycles. The molecule has 0 amide bonds. The first kappa shape index (κ1) is 31.0. The maximum atomic E-state index is 9.85. The van der Waals surface area contributed by atoms with E-state index in [9.17, 15) is 5.48 Å². The molecular formula is C59H39NO. The Bertz CT molecular complexity index is 3580. The number of fused-ring (bicyclic) bond motifs is 7. The molecule has 12 rings (SSSR count). The predicted octanol–water partition coefficient (Wildman–Crippen LogP) is 15.9. The van der Waals surface area contributed by atoms with E-state index in [4.69, 9.17) is 4.42 Å². The van der Waals surface area contributed by atoms with Gasteiger partial charge in [-0.3, -0.25) is 0 Å². The summed E-state index contributed by atoms with van der Waals surface area (Å²) >= 11 is 0. The summed E-state index contributed by atoms with van der Waals surface area (Å²) in [4.78, 5) is 1.91. The Morgan fingerprint density at radius 2 is 0.951 bits per heavy atom. The fourth-order valence-electron chi connectivity index (χ4n) is 9.78. The predicted molar refractivity (Wildman–Crippen MR) is 254 cm³/mol. The Hall–Kier alpha value is -7.94. The molecule has 1 aliphatic rings. The van der Waals surface area contributed by atoms with Crippen LogP contribution in [0.4, 0.5) is 17.1 Å². The van der Waals surface area contributed by atoms with Crippen LogP contribution < -0.4 is 4.90 Å². The highest BCUT2D eigenvalue weighted by atomic mass is 16.3. The number of rotatable bonds is 7. The van der Waals surface area contributed by atoms with E-state index in [1.54, 1.807) is 0 Å². The van der Waals surface area contributed by atoms with Gasteiger partial charge in [-0.25, -0.2) is 0 Å². The quantitative estimate of drug-likeness (QED) is 0.160. The molecule has 2 heteroatoms. The summed E-state index contributed by atoms with van der Waals surface area (Å²) in [5, 5.41) is 3.91. The molecule has 1 aliphatic carbocycles. The monoisotopic (exact) mass is 781 g/mol. The lowest BCUT2D eigenvalue weighted by Crippen LogP contribution is -2.28. The fraction of sp³-hybridized carbons (Fsp3) is 0.0169. The molecule has 0 atom stereocenters. The summed E-state index contributed by atoms with van der Waals surface area (Å²) in [6.07, 6.45) is 0. The lowest BCUT2D eigenvalue weighted by atomic mass is 9.67. The molecule has 10 aromatic carbocycles. The highest BCUT2D eigenvalue weighted by molar-refractivity contribution is 6.12. The average molecular weight is 782 g/mol. The summed E-state index contributed by atoms with van der Waals surface area (Å²) in [5.41, 5.74) is 12.2. The Kier molecular flexibility index (Phi) is 7.18. The largest absolute Gasteiger partial charge is 0.456 e. The summed E-state index contributed by atoms with van der Waals surface area (Å²) in [5.74, 6) is 0. The first-order valence-corrected chi connectivity index (χ1v) is 20.7. The zero-order valence-electron chi connectivity index (χ0n) is 37.1. The van der Waals surface area contributed by atoms with Crippen molar-refractivity contribution in [3.8, 4) is 33.4 Å². The van der Waals surface area contributed by atoms with Gasteiger partial charge in [0.25, 0.3) is 0 Å². The van der Waals surface area contributed by atoms with Crippen molar-refractivity contribution in [2.24, 2.45) is 0 Å². The van der Waals surface area contributed by atoms with E-state index in [1.807, 2.05) is 102 Å². The normalized spacial score (nSPS) is 13.6. The van der Waals surface area contributed by atoms with Crippen LogP contribution in [0.15, 0.2) is 241 Å². The molecule has 0 unspecified atom stereocenters. The van der Waals surface area contributed by atoms with Crippen LogP contribution in [0.5, 0.6) is 0 Å². The highest BCUT2D eigenvalue weighted by Crippen LogP contribution is 2.57. The standard InChI is InChI=1S/C59H39NO/c1-3-17-43(18-4-1)59(44-19-5-2-6-20-44)54-26-11-9-22-51(54)52-38-37-47(39-55(52)59)60(45-33-29-41(30-34-45)49-24-13-16-40-15-7-8-21-48(40)49)46-35-31-42(32-36-46)50-25-14-28-57-58(50)53-23-10-12-27-56(53)61-57/h1-39H/i29D,30D,33D,34D. The number of para-hydroxylation sites is 1. The Labute approximate surface area is 360 Å². The first-order valence-electron chi connectivity index (χ1n) is 22.7. The molecule has 0 N–H and O–H groups in total. The zero-order valence-corrected chi connectivity index (χ0v) is 33.1. The number of furan rings is 1. The van der Waals surface area contributed by atoms with Gasteiger partial charge in [0, 0.05) is 27.8 Å². The van der Waals surface area contributed by atoms with Gasteiger partial charge in [0.1, 0.15) is 11.2 Å². The molecule has 286 valence electrons. The number of anilines is 3. The van der Waals surface area contributed by atoms with Crippen molar-refractivity contribution in [2.75, 3.05) is 4.90 Å². The Morgan fingerprint density at radius 1 is 0.377 bits per heavy atom. The van der Waals surface area contributed by atoms with Crippen molar-refractivity contribution in [3.05, 3.63) is 259 Å². The van der Waals surface area contributed by atoms with Crippen molar-refractivity contribution in [3.63, 3.8) is 0 Å². The van der Waals surface area contributed by atoms with Crippen molar-refractivity contribution in [2.45, 2.75) is 5.41 Å². The fourth-order valence-corrected chi connectivity index (χ4v) is 9.78. The van der Waals surface area contributed by atoms with Crippen molar-refractivity contribution < 1.29 is 9.90 Å². The number of hydrogen-bond donors (Lipinski definition) is 0. The van der Waals surface area contributed by atoms with Crippen LogP contribution in [-0.2, 0) is 5.41 Å². The van der Waals surface area contributed by atoms with E-state index in [0.717, 1.165) is 71.7 Å². The van der Waals surface area contributed by atoms with E-state index < -0.39 is 5.41 Å². The molecule has 0 spiro atoms. The first-order chi connectivity index (χ1) is 31.9. The van der Waals surface area contributed by atoms with Crippen LogP contribution in [0, 0.1) is 0 Å². The minimum atomic E-state index is -0.695. The van der Waals surface area contributed by atoms with Gasteiger partial charge in [0.15, 0.2) is 0 Å². The van der Waals surface area contributed by atoms with Crippen LogP contribution in [-0.4, -0.2) is 0 Å². The second-order valence-electron chi connectivity index (χ2n) is 15.7. The van der Waals surface area contributed by atoms with E-state index in [0.29, 0.717) is 16.9 Å². The molecule has 1 aromatic heterocycles. The van der Waals surface area contributed by atoms with E-state index in [-0.39, 0.29) is 35.4 Å². The second kappa shape index (κ2) is 14.1. The van der Waals surface area contributed by atoms with Gasteiger partial charge in [0.05, 0.1) is 10.9 Å². The third-order valence-corrected chi connectivity index (χ3v) is 12.4. The molecule has 0 bridgehead atoms. The highest BCUT2D eigenvalue weighted by Gasteiger charge is 2.46. The van der Waals surface area contributed by atoms with Gasteiger partial charge in [-0.1, -0.05) is 188 Å². The van der Waals surface area contributed by atoms with Gasteiger partial charge >= 0.3 is 0 Å². The van der Waals surface area contributed by atoms with Gasteiger partial charge in [0.2, 0.25) is 0 Å². The molecule has 0 saturated heterocycles. The van der Waals surface area contributed by atoms with Crippen LogP contribution >= 0.6 is 0 Å². The van der Waals surface area contributed by atoms with Crippen LogP contribution in [0.25, 0.3) is 66.1 Å². The Balaban J connectivity index is 1.11. The van der Waals surface area contributed by atoms with Gasteiger partial charge in [-0.05, 0) is 115 Å². The second-order valence-corrected chi connectivity index (χ2v) is 15.7. The van der Waals surface area contributed by atoms with Gasteiger partial charge in [-0.2, -0.15) is 0 Å². The maximum absolute atomic E-state index is 9.85. The number of hydrogen-bond acceptors (Lipinski definition) is 2. The van der Waals surface area contributed by atoms with Crippen LogP contribution in [0.3, 0.4) is 0 Å². The van der Waals surface area contributed by atoms with Crippen molar-refractivity contribution in [1.82, 2.24) is 0 Å². The lowest BCUT2D eigenvalue weighted by Gasteiger charge is -2.35. The summed E-state index contributed by atoms with van der Waals surface area (Å²) in [6, 6.07) is 71.8. The van der Waals surface area contributed by atoms with Crippen molar-refractivity contribution >= 4 is 49.8 Å². The van der Waals surface area contributed by atoms with Crippen LogP contribution in [0.1, 0.15) is 27.7 Å². The topological polar surface area (TPSA) is 16.4 Å². The molecule has 0 aliphatic heterocycles. The minimum Gasteiger partial charge on any atom is -0.456 e. The summed E-state index contributed by atoms with van der Waals surface area (Å²) < 4.78 is 45.3. The van der Waals surface area contributed by atoms with Gasteiger partial charge in [-0.15, -0.1) is 0 Å². The molecule has 61 heavy (non-hydrogen) atoms. The summed E-state index contributed by atoms with van der Waals surface area (Å²) in [7, 11) is 0. The third kappa shape index (κ3) is 5.50. The molecule has 0 radical (unpaired) electrons. The van der Waals surface area contributed by atoms with Crippen LogP contribution in [0.2, 0.25) is 0 Å². The zero-order chi connectivity index (χ0) is 43.8. The smallest absolute Gasteiger partial charge is 0.136 e. The lowest BCUT2D eigenvalue weighted by molar-refractivity contribution is 0.669. The average Bonchev–Trinajstić information content (AvgIpc) is 3.89. The maximum Gasteiger partial charge on any atom is 0.136 e. The van der Waals surface area contributed by atoms with Gasteiger partial charge < -0.3 is 9.32 Å². The number of benzene rings is 10. The molecule has 0 fully saturated rings. The third-order valence-electron chi connectivity index (χ3n) is 12.4. The number of nitrogens with zero attached hydrogens (tertiary/aromatic N) is 1.